The van der Waals surface area contributed by atoms with E-state index >= 15 is 0 Å². The quantitative estimate of drug-likeness (QED) is 0.780. The third-order valence-corrected chi connectivity index (χ3v) is 2.81. The Hall–Kier alpha value is -0.960. The second-order valence-electron chi connectivity index (χ2n) is 3.97. The van der Waals surface area contributed by atoms with Crippen LogP contribution in [0.5, 0.6) is 0 Å². The largest absolute Gasteiger partial charge is 0.341 e. The van der Waals surface area contributed by atoms with Gasteiger partial charge in [0.05, 0.1) is 5.75 Å². The molecule has 0 unspecified atom stereocenters. The maximum absolute atomic E-state index is 11.3. The summed E-state index contributed by atoms with van der Waals surface area (Å²) in [6.45, 7) is 2.83. The van der Waals surface area contributed by atoms with Gasteiger partial charge in [-0.25, -0.2) is 0 Å². The fourth-order valence-electron chi connectivity index (χ4n) is 1.58. The van der Waals surface area contributed by atoms with Crippen molar-refractivity contribution in [2.24, 2.45) is 0 Å². The number of amides is 1. The Balaban J connectivity index is 2.58. The van der Waals surface area contributed by atoms with Crippen molar-refractivity contribution < 1.29 is 4.79 Å². The molecule has 0 N–H and O–H groups in total. The highest BCUT2D eigenvalue weighted by atomic mass is 32.1. The predicted octanol–water partition coefficient (Wildman–Crippen LogP) is 2.53. The van der Waals surface area contributed by atoms with Crippen molar-refractivity contribution in [1.82, 2.24) is 4.90 Å². The summed E-state index contributed by atoms with van der Waals surface area (Å²) in [5.41, 5.74) is 2.52. The number of hydrogen-bond acceptors (Lipinski definition) is 2. The van der Waals surface area contributed by atoms with Crippen LogP contribution in [0.2, 0.25) is 0 Å². The van der Waals surface area contributed by atoms with Gasteiger partial charge < -0.3 is 4.90 Å². The van der Waals surface area contributed by atoms with Crippen molar-refractivity contribution in [3.63, 3.8) is 0 Å². The van der Waals surface area contributed by atoms with E-state index in [2.05, 4.69) is 43.8 Å². The fraction of sp³-hybridized carbons (Fsp3) is 0.462. The molecule has 1 amide bonds. The molecule has 0 aromatic heterocycles. The molecule has 0 bridgehead atoms. The van der Waals surface area contributed by atoms with E-state index in [4.69, 9.17) is 0 Å². The van der Waals surface area contributed by atoms with Gasteiger partial charge in [-0.15, -0.1) is 0 Å². The van der Waals surface area contributed by atoms with Crippen LogP contribution < -0.4 is 0 Å². The molecule has 0 heterocycles. The topological polar surface area (TPSA) is 20.3 Å². The molecule has 2 nitrogen and oxygen atoms in total. The Morgan fingerprint density at radius 3 is 2.31 bits per heavy atom. The minimum Gasteiger partial charge on any atom is -0.341 e. The monoisotopic (exact) mass is 237 g/mol. The van der Waals surface area contributed by atoms with E-state index in [0.717, 1.165) is 18.4 Å². The average molecular weight is 237 g/mol. The molecule has 0 aliphatic rings. The number of hydrogen-bond donors (Lipinski definition) is 1. The molecule has 0 fully saturated rings. The van der Waals surface area contributed by atoms with E-state index in [9.17, 15) is 4.79 Å². The van der Waals surface area contributed by atoms with Gasteiger partial charge in [0.2, 0.25) is 5.91 Å². The molecule has 3 heteroatoms. The van der Waals surface area contributed by atoms with Gasteiger partial charge in [0, 0.05) is 13.6 Å². The van der Waals surface area contributed by atoms with Gasteiger partial charge in [-0.2, -0.15) is 12.6 Å². The molecule has 0 aliphatic carbocycles. The molecular formula is C13H19NOS. The van der Waals surface area contributed by atoms with Gasteiger partial charge in [-0.1, -0.05) is 37.6 Å². The maximum atomic E-state index is 11.3. The summed E-state index contributed by atoms with van der Waals surface area (Å²) in [6, 6.07) is 8.45. The SMILES string of the molecule is CCCc1ccc(CN(C)C(=O)CS)cc1. The molecule has 0 saturated heterocycles. The first-order valence-electron chi connectivity index (χ1n) is 5.60. The van der Waals surface area contributed by atoms with Crippen LogP contribution in [0, 0.1) is 0 Å². The maximum Gasteiger partial charge on any atom is 0.232 e. The number of nitrogens with zero attached hydrogens (tertiary/aromatic N) is 1. The Kier molecular flexibility index (Phi) is 5.39. The second kappa shape index (κ2) is 6.59. The normalized spacial score (nSPS) is 10.2. The van der Waals surface area contributed by atoms with Crippen molar-refractivity contribution >= 4 is 18.5 Å². The molecule has 0 saturated carbocycles. The summed E-state index contributed by atoms with van der Waals surface area (Å²) in [5.74, 6) is 0.325. The van der Waals surface area contributed by atoms with Gasteiger partial charge in [-0.05, 0) is 17.5 Å². The smallest absolute Gasteiger partial charge is 0.232 e. The lowest BCUT2D eigenvalue weighted by Gasteiger charge is -2.16. The fourth-order valence-corrected chi connectivity index (χ4v) is 1.82. The zero-order valence-corrected chi connectivity index (χ0v) is 10.8. The molecule has 1 aromatic rings. The summed E-state index contributed by atoms with van der Waals surface area (Å²) in [4.78, 5) is 13.0. The van der Waals surface area contributed by atoms with Gasteiger partial charge in [0.1, 0.15) is 0 Å². The van der Waals surface area contributed by atoms with Crippen LogP contribution in [-0.2, 0) is 17.8 Å². The first-order valence-corrected chi connectivity index (χ1v) is 6.23. The molecule has 1 aromatic carbocycles. The van der Waals surface area contributed by atoms with E-state index in [0.29, 0.717) is 6.54 Å². The second-order valence-corrected chi connectivity index (χ2v) is 4.29. The lowest BCUT2D eigenvalue weighted by molar-refractivity contribution is -0.127. The minimum absolute atomic E-state index is 0.0565. The van der Waals surface area contributed by atoms with Crippen LogP contribution in [0.3, 0.4) is 0 Å². The Labute approximate surface area is 103 Å². The predicted molar refractivity (Wildman–Crippen MR) is 70.8 cm³/mol. The van der Waals surface area contributed by atoms with E-state index < -0.39 is 0 Å². The highest BCUT2D eigenvalue weighted by molar-refractivity contribution is 7.81. The van der Waals surface area contributed by atoms with Crippen molar-refractivity contribution in [3.8, 4) is 0 Å². The van der Waals surface area contributed by atoms with Crippen molar-refractivity contribution in [2.45, 2.75) is 26.3 Å². The first-order chi connectivity index (χ1) is 7.67. The van der Waals surface area contributed by atoms with Gasteiger partial charge in [0.15, 0.2) is 0 Å². The van der Waals surface area contributed by atoms with Gasteiger partial charge >= 0.3 is 0 Å². The van der Waals surface area contributed by atoms with Crippen molar-refractivity contribution in [2.75, 3.05) is 12.8 Å². The molecule has 88 valence electrons. The summed E-state index contributed by atoms with van der Waals surface area (Å²) in [7, 11) is 1.80. The number of carbonyl (C=O) groups excluding carboxylic acids is 1. The Morgan fingerprint density at radius 2 is 1.81 bits per heavy atom. The molecule has 1 rings (SSSR count). The number of thiol groups is 1. The van der Waals surface area contributed by atoms with Crippen LogP contribution in [0.25, 0.3) is 0 Å². The Morgan fingerprint density at radius 1 is 1.25 bits per heavy atom. The van der Waals surface area contributed by atoms with E-state index in [-0.39, 0.29) is 11.7 Å². The van der Waals surface area contributed by atoms with E-state index in [1.165, 1.54) is 5.56 Å². The average Bonchev–Trinajstić information content (AvgIpc) is 2.31. The number of benzene rings is 1. The van der Waals surface area contributed by atoms with Crippen LogP contribution in [0.4, 0.5) is 0 Å². The zero-order valence-electron chi connectivity index (χ0n) is 9.94. The number of aryl methyl sites for hydroxylation is 1. The number of rotatable bonds is 5. The molecule has 16 heavy (non-hydrogen) atoms. The first kappa shape index (κ1) is 13.1. The highest BCUT2D eigenvalue weighted by Gasteiger charge is 2.06. The standard InChI is InChI=1S/C13H19NOS/c1-3-4-11-5-7-12(8-6-11)9-14(2)13(15)10-16/h5-8,16H,3-4,9-10H2,1-2H3. The van der Waals surface area contributed by atoms with Crippen LogP contribution in [0.1, 0.15) is 24.5 Å². The molecule has 0 aliphatic heterocycles. The molecule has 0 atom stereocenters. The highest BCUT2D eigenvalue weighted by Crippen LogP contribution is 2.08. The summed E-state index contributed by atoms with van der Waals surface area (Å²) < 4.78 is 0. The van der Waals surface area contributed by atoms with Crippen LogP contribution >= 0.6 is 12.6 Å². The van der Waals surface area contributed by atoms with Gasteiger partial charge in [-0.3, -0.25) is 4.79 Å². The summed E-state index contributed by atoms with van der Waals surface area (Å²) in [6.07, 6.45) is 2.28. The van der Waals surface area contributed by atoms with E-state index in [1.807, 2.05) is 0 Å². The van der Waals surface area contributed by atoms with Gasteiger partial charge in [0.25, 0.3) is 0 Å². The third kappa shape index (κ3) is 3.89. The lowest BCUT2D eigenvalue weighted by Crippen LogP contribution is -2.27. The molecular weight excluding hydrogens is 218 g/mol. The minimum atomic E-state index is 0.0565. The van der Waals surface area contributed by atoms with Crippen LogP contribution in [0.15, 0.2) is 24.3 Å². The van der Waals surface area contributed by atoms with E-state index in [1.54, 1.807) is 11.9 Å². The third-order valence-electron chi connectivity index (χ3n) is 2.54. The zero-order chi connectivity index (χ0) is 12.0. The van der Waals surface area contributed by atoms with Crippen molar-refractivity contribution in [1.29, 1.82) is 0 Å². The number of carbonyl (C=O) groups is 1. The van der Waals surface area contributed by atoms with Crippen molar-refractivity contribution in [3.05, 3.63) is 35.4 Å². The molecule has 0 radical (unpaired) electrons. The lowest BCUT2D eigenvalue weighted by atomic mass is 10.1. The Bertz CT molecular complexity index is 334. The molecule has 0 spiro atoms. The van der Waals surface area contributed by atoms with Crippen LogP contribution in [-0.4, -0.2) is 23.6 Å². The summed E-state index contributed by atoms with van der Waals surface area (Å²) >= 11 is 3.97. The summed E-state index contributed by atoms with van der Waals surface area (Å²) in [5, 5.41) is 0.